The van der Waals surface area contributed by atoms with Gasteiger partial charge in [-0.05, 0) is 46.3 Å². The van der Waals surface area contributed by atoms with Gasteiger partial charge in [-0.3, -0.25) is 9.36 Å². The summed E-state index contributed by atoms with van der Waals surface area (Å²) in [7, 11) is -2.48. The molecule has 0 aliphatic rings. The third kappa shape index (κ3) is 3.17. The Morgan fingerprint density at radius 2 is 1.88 bits per heavy atom. The van der Waals surface area contributed by atoms with E-state index in [1.54, 1.807) is 0 Å². The minimum atomic E-state index is -3.89. The second kappa shape index (κ2) is 6.25. The molecule has 0 radical (unpaired) electrons. The summed E-state index contributed by atoms with van der Waals surface area (Å²) in [5.41, 5.74) is 0.165. The fourth-order valence-electron chi connectivity index (χ4n) is 2.51. The van der Waals surface area contributed by atoms with Gasteiger partial charge in [-0.1, -0.05) is 0 Å². The summed E-state index contributed by atoms with van der Waals surface area (Å²) in [6.45, 7) is 0. The number of sulfonamides is 1. The van der Waals surface area contributed by atoms with Gasteiger partial charge in [0.2, 0.25) is 10.0 Å². The van der Waals surface area contributed by atoms with Gasteiger partial charge < -0.3 is 4.74 Å². The lowest BCUT2D eigenvalue weighted by Gasteiger charge is -2.15. The van der Waals surface area contributed by atoms with Crippen LogP contribution in [0, 0.1) is 5.82 Å². The van der Waals surface area contributed by atoms with Crippen molar-refractivity contribution in [2.75, 3.05) is 7.11 Å². The number of fused-ring (bicyclic) bond motifs is 1. The number of nitrogens with zero attached hydrogens (tertiary/aromatic N) is 1. The molecule has 0 amide bonds. The van der Waals surface area contributed by atoms with Crippen LogP contribution in [0.3, 0.4) is 0 Å². The normalized spacial score (nSPS) is 11.7. The van der Waals surface area contributed by atoms with E-state index in [1.807, 2.05) is 0 Å². The van der Waals surface area contributed by atoms with Crippen molar-refractivity contribution in [3.8, 4) is 11.4 Å². The van der Waals surface area contributed by atoms with Crippen LogP contribution in [0.1, 0.15) is 0 Å². The van der Waals surface area contributed by atoms with Crippen LogP contribution in [0.15, 0.2) is 56.6 Å². The average Bonchev–Trinajstić information content (AvgIpc) is 2.56. The maximum Gasteiger partial charge on any atom is 0.255 e. The van der Waals surface area contributed by atoms with E-state index in [2.05, 4.69) is 15.9 Å². The van der Waals surface area contributed by atoms with Gasteiger partial charge in [0.05, 0.1) is 27.7 Å². The van der Waals surface area contributed by atoms with Crippen molar-refractivity contribution in [2.45, 2.75) is 4.90 Å². The van der Waals surface area contributed by atoms with E-state index in [-0.39, 0.29) is 20.8 Å². The van der Waals surface area contributed by atoms with E-state index in [4.69, 9.17) is 9.88 Å². The zero-order valence-corrected chi connectivity index (χ0v) is 15.3. The molecule has 0 unspecified atom stereocenters. The molecule has 3 rings (SSSR count). The number of hydrogen-bond acceptors (Lipinski definition) is 4. The molecule has 0 aliphatic carbocycles. The first kappa shape index (κ1) is 17.6. The van der Waals surface area contributed by atoms with Crippen LogP contribution < -0.4 is 15.4 Å². The predicted octanol–water partition coefficient (Wildman–Crippen LogP) is 2.55. The molecule has 1 heterocycles. The predicted molar refractivity (Wildman–Crippen MR) is 95.1 cm³/mol. The van der Waals surface area contributed by atoms with E-state index < -0.39 is 21.4 Å². The highest BCUT2D eigenvalue weighted by Gasteiger charge is 2.16. The molecule has 0 saturated heterocycles. The number of aromatic nitrogens is 1. The highest BCUT2D eigenvalue weighted by molar-refractivity contribution is 9.10. The van der Waals surface area contributed by atoms with Crippen LogP contribution in [0.5, 0.6) is 5.75 Å². The van der Waals surface area contributed by atoms with Crippen LogP contribution in [-0.2, 0) is 10.0 Å². The third-order valence-electron chi connectivity index (χ3n) is 3.66. The number of rotatable bonds is 3. The van der Waals surface area contributed by atoms with E-state index >= 15 is 0 Å². The molecule has 25 heavy (non-hydrogen) atoms. The van der Waals surface area contributed by atoms with Crippen LogP contribution in [0.2, 0.25) is 0 Å². The summed E-state index contributed by atoms with van der Waals surface area (Å²) in [5.74, 6) is -0.292. The molecular formula is C16H12BrFN2O4S. The lowest BCUT2D eigenvalue weighted by atomic mass is 10.2. The molecule has 0 atom stereocenters. The van der Waals surface area contributed by atoms with Crippen LogP contribution >= 0.6 is 15.9 Å². The van der Waals surface area contributed by atoms with Gasteiger partial charge >= 0.3 is 0 Å². The minimum absolute atomic E-state index is 0.0841. The summed E-state index contributed by atoms with van der Waals surface area (Å²) < 4.78 is 43.7. The smallest absolute Gasteiger partial charge is 0.255 e. The van der Waals surface area contributed by atoms with Crippen molar-refractivity contribution in [3.63, 3.8) is 0 Å². The Balaban J connectivity index is 2.39. The molecule has 130 valence electrons. The van der Waals surface area contributed by atoms with Gasteiger partial charge in [-0.2, -0.15) is 0 Å². The molecule has 2 aromatic carbocycles. The van der Waals surface area contributed by atoms with Gasteiger partial charge in [0.15, 0.2) is 0 Å². The highest BCUT2D eigenvalue weighted by atomic mass is 79.9. The molecule has 0 saturated carbocycles. The zero-order chi connectivity index (χ0) is 18.4. The Kier molecular flexibility index (Phi) is 4.40. The number of ether oxygens (including phenoxy) is 1. The molecule has 2 N–H and O–H groups in total. The lowest BCUT2D eigenvalue weighted by molar-refractivity contribution is 0.411. The molecular weight excluding hydrogens is 415 g/mol. The molecule has 0 bridgehead atoms. The topological polar surface area (TPSA) is 91.4 Å². The number of pyridine rings is 1. The number of primary sulfonamides is 1. The maximum absolute atomic E-state index is 14.0. The molecule has 0 fully saturated rings. The summed E-state index contributed by atoms with van der Waals surface area (Å²) in [5, 5.41) is 5.59. The van der Waals surface area contributed by atoms with Gasteiger partial charge in [-0.15, -0.1) is 0 Å². The molecule has 1 aromatic heterocycles. The number of halogens is 2. The van der Waals surface area contributed by atoms with E-state index in [0.717, 1.165) is 6.07 Å². The van der Waals surface area contributed by atoms with Gasteiger partial charge in [0.1, 0.15) is 11.6 Å². The second-order valence-electron chi connectivity index (χ2n) is 5.21. The largest absolute Gasteiger partial charge is 0.495 e. The van der Waals surface area contributed by atoms with Crippen molar-refractivity contribution in [3.05, 3.63) is 63.1 Å². The zero-order valence-electron chi connectivity index (χ0n) is 12.9. The Bertz CT molecular complexity index is 1160. The van der Waals surface area contributed by atoms with Crippen LogP contribution in [0.25, 0.3) is 16.6 Å². The lowest BCUT2D eigenvalue weighted by Crippen LogP contribution is -2.19. The summed E-state index contributed by atoms with van der Waals surface area (Å²) >= 11 is 3.07. The SMILES string of the molecule is COc1cc(Br)c(F)cc1-n1c(=O)ccc2cc(S(N)(=O)=O)ccc21. The summed E-state index contributed by atoms with van der Waals surface area (Å²) in [4.78, 5) is 12.3. The second-order valence-corrected chi connectivity index (χ2v) is 7.63. The maximum atomic E-state index is 14.0. The van der Waals surface area contributed by atoms with Crippen LogP contribution in [0.4, 0.5) is 4.39 Å². The van der Waals surface area contributed by atoms with E-state index in [9.17, 15) is 17.6 Å². The van der Waals surface area contributed by atoms with Crippen molar-refractivity contribution >= 4 is 36.9 Å². The van der Waals surface area contributed by atoms with E-state index in [0.29, 0.717) is 10.9 Å². The van der Waals surface area contributed by atoms with Crippen LogP contribution in [-0.4, -0.2) is 20.1 Å². The van der Waals surface area contributed by atoms with Gasteiger partial charge in [0.25, 0.3) is 5.56 Å². The molecule has 6 nitrogen and oxygen atoms in total. The van der Waals surface area contributed by atoms with Crippen molar-refractivity contribution in [1.29, 1.82) is 0 Å². The highest BCUT2D eigenvalue weighted by Crippen LogP contribution is 2.31. The standard InChI is InChI=1S/C16H12BrFN2O4S/c1-24-15-7-11(17)12(18)8-14(15)20-13-4-3-10(25(19,22)23)6-9(13)2-5-16(20)21/h2-8H,1H3,(H2,19,22,23). The quantitative estimate of drug-likeness (QED) is 0.696. The molecule has 0 spiro atoms. The molecule has 0 aliphatic heterocycles. The van der Waals surface area contributed by atoms with Gasteiger partial charge in [0, 0.05) is 17.5 Å². The first-order valence-corrected chi connectivity index (χ1v) is 9.28. The first-order chi connectivity index (χ1) is 11.7. The summed E-state index contributed by atoms with van der Waals surface area (Å²) in [6.07, 6.45) is 0. The fraction of sp³-hybridized carbons (Fsp3) is 0.0625. The fourth-order valence-corrected chi connectivity index (χ4v) is 3.38. The van der Waals surface area contributed by atoms with Crippen molar-refractivity contribution in [1.82, 2.24) is 4.57 Å². The Hall–Kier alpha value is -2.23. The Morgan fingerprint density at radius 3 is 2.52 bits per heavy atom. The number of methoxy groups -OCH3 is 1. The Morgan fingerprint density at radius 1 is 1.16 bits per heavy atom. The van der Waals surface area contributed by atoms with Gasteiger partial charge in [-0.25, -0.2) is 17.9 Å². The first-order valence-electron chi connectivity index (χ1n) is 6.94. The minimum Gasteiger partial charge on any atom is -0.495 e. The third-order valence-corrected chi connectivity index (χ3v) is 5.18. The average molecular weight is 427 g/mol. The summed E-state index contributed by atoms with van der Waals surface area (Å²) in [6, 6.07) is 9.39. The number of benzene rings is 2. The number of nitrogens with two attached hydrogens (primary N) is 1. The monoisotopic (exact) mass is 426 g/mol. The van der Waals surface area contributed by atoms with E-state index in [1.165, 1.54) is 48.1 Å². The van der Waals surface area contributed by atoms with Crippen molar-refractivity contribution < 1.29 is 17.5 Å². The Labute approximate surface area is 150 Å². The number of hydrogen-bond donors (Lipinski definition) is 1. The molecule has 9 heteroatoms. The van der Waals surface area contributed by atoms with Crippen molar-refractivity contribution in [2.24, 2.45) is 5.14 Å². The molecule has 3 aromatic rings.